The third kappa shape index (κ3) is 25.9. The van der Waals surface area contributed by atoms with Gasteiger partial charge in [-0.25, -0.2) is 19.2 Å². The predicted molar refractivity (Wildman–Crippen MR) is 193 cm³/mol. The van der Waals surface area contributed by atoms with Crippen molar-refractivity contribution in [2.75, 3.05) is 65.8 Å². The zero-order valence-electron chi connectivity index (χ0n) is 30.6. The van der Waals surface area contributed by atoms with Crippen LogP contribution in [0.5, 0.6) is 0 Å². The van der Waals surface area contributed by atoms with E-state index < -0.39 is 0 Å². The van der Waals surface area contributed by atoms with E-state index >= 15 is 0 Å². The van der Waals surface area contributed by atoms with Gasteiger partial charge >= 0.3 is 24.2 Å². The van der Waals surface area contributed by atoms with Crippen molar-refractivity contribution in [2.24, 2.45) is 0 Å². The molecule has 0 atom stereocenters. The second-order valence-electron chi connectivity index (χ2n) is 13.4. The molecule has 14 heteroatoms. The van der Waals surface area contributed by atoms with Crippen molar-refractivity contribution in [3.63, 3.8) is 0 Å². The number of hydrogen-bond donors (Lipinski definition) is 6. The van der Waals surface area contributed by atoms with Crippen LogP contribution in [-0.2, 0) is 18.9 Å². The Labute approximate surface area is 300 Å². The lowest BCUT2D eigenvalue weighted by atomic mass is 9.96. The zero-order chi connectivity index (χ0) is 35.7. The maximum atomic E-state index is 11.9. The third-order valence-electron chi connectivity index (χ3n) is 9.01. The Bertz CT molecular complexity index is 817. The van der Waals surface area contributed by atoms with Gasteiger partial charge in [-0.15, -0.1) is 0 Å². The number of alkyl carbamates (subject to hydrolysis) is 2. The Balaban J connectivity index is 1.21. The van der Waals surface area contributed by atoms with E-state index in [2.05, 4.69) is 31.9 Å². The molecule has 2 rings (SSSR count). The lowest BCUT2D eigenvalue weighted by Crippen LogP contribution is -2.38. The van der Waals surface area contributed by atoms with E-state index in [4.69, 9.17) is 18.9 Å². The Kier molecular flexibility index (Phi) is 26.6. The Morgan fingerprint density at radius 3 is 1.12 bits per heavy atom. The first kappa shape index (κ1) is 43.2. The molecule has 0 aromatic rings. The molecule has 0 radical (unpaired) electrons. The van der Waals surface area contributed by atoms with Crippen molar-refractivity contribution >= 4 is 24.2 Å². The quantitative estimate of drug-likeness (QED) is 0.0593. The molecule has 2 fully saturated rings. The second kappa shape index (κ2) is 30.8. The molecule has 0 aromatic carbocycles. The number of urea groups is 2. The first-order chi connectivity index (χ1) is 24.5. The highest BCUT2D eigenvalue weighted by Gasteiger charge is 2.17. The van der Waals surface area contributed by atoms with E-state index in [-0.39, 0.29) is 49.5 Å². The van der Waals surface area contributed by atoms with E-state index in [1.54, 1.807) is 0 Å². The van der Waals surface area contributed by atoms with Gasteiger partial charge in [0.1, 0.15) is 13.2 Å². The fraction of sp³-hybridized carbons (Fsp3) is 0.889. The highest BCUT2D eigenvalue weighted by molar-refractivity contribution is 5.74. The van der Waals surface area contributed by atoms with Gasteiger partial charge in [0.05, 0.1) is 26.4 Å². The van der Waals surface area contributed by atoms with Crippen LogP contribution in [0.3, 0.4) is 0 Å². The van der Waals surface area contributed by atoms with Crippen LogP contribution in [0.4, 0.5) is 19.2 Å². The fourth-order valence-corrected chi connectivity index (χ4v) is 6.17. The van der Waals surface area contributed by atoms with Crippen molar-refractivity contribution in [1.82, 2.24) is 31.9 Å². The first-order valence-corrected chi connectivity index (χ1v) is 19.6. The number of carbonyl (C=O) groups is 4. The molecule has 290 valence electrons. The van der Waals surface area contributed by atoms with Crippen molar-refractivity contribution in [2.45, 2.75) is 141 Å². The Morgan fingerprint density at radius 1 is 0.400 bits per heavy atom. The van der Waals surface area contributed by atoms with E-state index in [1.165, 1.54) is 51.4 Å². The average molecular weight is 713 g/mol. The summed E-state index contributed by atoms with van der Waals surface area (Å²) in [5.74, 6) is 0. The smallest absolute Gasteiger partial charge is 0.407 e. The minimum Gasteiger partial charge on any atom is -0.447 e. The van der Waals surface area contributed by atoms with Gasteiger partial charge in [-0.05, 0) is 38.5 Å². The minimum atomic E-state index is -0.380. The highest BCUT2D eigenvalue weighted by atomic mass is 16.6. The topological polar surface area (TPSA) is 177 Å². The molecule has 2 saturated carbocycles. The van der Waals surface area contributed by atoms with Crippen LogP contribution in [0.15, 0.2) is 0 Å². The SMILES string of the molecule is O=C(NCCCCCCCCCCCCNC(=O)NCCOCCOC(=O)NC1CCCCC1)NCCOCCOC(=O)NC1CCCCC1. The van der Waals surface area contributed by atoms with Gasteiger partial charge in [0, 0.05) is 38.3 Å². The van der Waals surface area contributed by atoms with Crippen molar-refractivity contribution in [3.8, 4) is 0 Å². The molecule has 0 spiro atoms. The molecule has 0 unspecified atom stereocenters. The fourth-order valence-electron chi connectivity index (χ4n) is 6.17. The van der Waals surface area contributed by atoms with Crippen LogP contribution in [0.25, 0.3) is 0 Å². The minimum absolute atomic E-state index is 0.187. The highest BCUT2D eigenvalue weighted by Crippen LogP contribution is 2.18. The van der Waals surface area contributed by atoms with Gasteiger partial charge in [0.2, 0.25) is 0 Å². The van der Waals surface area contributed by atoms with Crippen LogP contribution in [0, 0.1) is 0 Å². The molecule has 0 heterocycles. The molecule has 0 aromatic heterocycles. The van der Waals surface area contributed by atoms with Gasteiger partial charge in [0.15, 0.2) is 0 Å². The molecule has 6 amide bonds. The van der Waals surface area contributed by atoms with E-state index in [9.17, 15) is 19.2 Å². The van der Waals surface area contributed by atoms with Crippen LogP contribution in [0.2, 0.25) is 0 Å². The molecular formula is C36H68N6O8. The summed E-state index contributed by atoms with van der Waals surface area (Å²) in [6.07, 6.45) is 21.8. The van der Waals surface area contributed by atoms with Crippen molar-refractivity contribution in [3.05, 3.63) is 0 Å². The number of hydrogen-bond acceptors (Lipinski definition) is 8. The van der Waals surface area contributed by atoms with Crippen LogP contribution in [0.1, 0.15) is 128 Å². The monoisotopic (exact) mass is 713 g/mol. The van der Waals surface area contributed by atoms with E-state index in [1.807, 2.05) is 0 Å². The number of ether oxygens (including phenoxy) is 4. The number of amides is 6. The summed E-state index contributed by atoms with van der Waals surface area (Å²) in [5.41, 5.74) is 0. The Morgan fingerprint density at radius 2 is 0.740 bits per heavy atom. The predicted octanol–water partition coefficient (Wildman–Crippen LogP) is 5.64. The van der Waals surface area contributed by atoms with E-state index in [0.29, 0.717) is 52.6 Å². The van der Waals surface area contributed by atoms with Crippen LogP contribution >= 0.6 is 0 Å². The van der Waals surface area contributed by atoms with E-state index in [0.717, 1.165) is 77.0 Å². The summed E-state index contributed by atoms with van der Waals surface area (Å²) < 4.78 is 21.1. The van der Waals surface area contributed by atoms with Crippen LogP contribution in [-0.4, -0.2) is 102 Å². The molecular weight excluding hydrogens is 644 g/mol. The third-order valence-corrected chi connectivity index (χ3v) is 9.01. The summed E-state index contributed by atoms with van der Waals surface area (Å²) in [6.45, 7) is 3.88. The lowest BCUT2D eigenvalue weighted by molar-refractivity contribution is 0.0723. The first-order valence-electron chi connectivity index (χ1n) is 19.6. The van der Waals surface area contributed by atoms with Crippen LogP contribution < -0.4 is 31.9 Å². The molecule has 14 nitrogen and oxygen atoms in total. The summed E-state index contributed by atoms with van der Waals surface area (Å²) in [6, 6.07) is 0.0898. The zero-order valence-corrected chi connectivity index (χ0v) is 30.6. The van der Waals surface area contributed by atoms with Crippen molar-refractivity contribution < 1.29 is 38.1 Å². The van der Waals surface area contributed by atoms with Gasteiger partial charge < -0.3 is 50.8 Å². The number of nitrogens with one attached hydrogen (secondary N) is 6. The summed E-state index contributed by atoms with van der Waals surface area (Å²) in [5, 5.41) is 17.1. The lowest BCUT2D eigenvalue weighted by Gasteiger charge is -2.22. The van der Waals surface area contributed by atoms with Gasteiger partial charge in [-0.2, -0.15) is 0 Å². The maximum absolute atomic E-state index is 11.9. The molecule has 0 aliphatic heterocycles. The second-order valence-corrected chi connectivity index (χ2v) is 13.4. The van der Waals surface area contributed by atoms with Gasteiger partial charge in [-0.1, -0.05) is 89.9 Å². The molecule has 2 aliphatic carbocycles. The van der Waals surface area contributed by atoms with Gasteiger partial charge in [0.25, 0.3) is 0 Å². The summed E-state index contributed by atoms with van der Waals surface area (Å²) in [7, 11) is 0. The Hall–Kier alpha value is -3.00. The molecule has 0 saturated heterocycles. The average Bonchev–Trinajstić information content (AvgIpc) is 3.11. The number of carbonyl (C=O) groups excluding carboxylic acids is 4. The summed E-state index contributed by atoms with van der Waals surface area (Å²) >= 11 is 0. The molecule has 0 bridgehead atoms. The molecule has 6 N–H and O–H groups in total. The maximum Gasteiger partial charge on any atom is 0.407 e. The molecule has 50 heavy (non-hydrogen) atoms. The normalized spacial score (nSPS) is 15.1. The van der Waals surface area contributed by atoms with Crippen molar-refractivity contribution in [1.29, 1.82) is 0 Å². The summed E-state index contributed by atoms with van der Waals surface area (Å²) in [4.78, 5) is 47.3. The van der Waals surface area contributed by atoms with Gasteiger partial charge in [-0.3, -0.25) is 0 Å². The largest absolute Gasteiger partial charge is 0.447 e. The number of unbranched alkanes of at least 4 members (excludes halogenated alkanes) is 9. The molecule has 2 aliphatic rings. The number of rotatable bonds is 27. The standard InChI is InChI=1S/C36H68N6O8/c43-33(39-23-25-47-27-29-49-35(45)41-31-17-11-9-12-18-31)37-21-15-7-5-3-1-2-4-6-8-16-22-38-34(44)40-24-26-48-28-30-50-36(46)42-32-19-13-10-14-20-32/h31-32H,1-30H2,(H,41,45)(H,42,46)(H2,37,39,43)(H2,38,40,44).